The normalized spacial score (nSPS) is 13.1. The van der Waals surface area contributed by atoms with Crippen LogP contribution in [-0.2, 0) is 0 Å². The van der Waals surface area contributed by atoms with Gasteiger partial charge < -0.3 is 9.47 Å². The van der Waals surface area contributed by atoms with Crippen LogP contribution in [0.15, 0.2) is 176 Å². The summed E-state index contributed by atoms with van der Waals surface area (Å²) in [4.78, 5) is 2.35. The Morgan fingerprint density at radius 1 is 0.478 bits per heavy atom. The van der Waals surface area contributed by atoms with Crippen molar-refractivity contribution in [2.75, 3.05) is 4.90 Å². The van der Waals surface area contributed by atoms with Crippen molar-refractivity contribution in [3.05, 3.63) is 176 Å². The molecule has 0 aliphatic heterocycles. The number of anilines is 2. The summed E-state index contributed by atoms with van der Waals surface area (Å²) in [6, 6.07) is 55.2. The molecule has 2 heteroatoms. The van der Waals surface area contributed by atoms with Gasteiger partial charge in [-0.1, -0.05) is 115 Å². The molecule has 0 saturated heterocycles. The Balaban J connectivity index is 1.25. The van der Waals surface area contributed by atoms with Gasteiger partial charge in [-0.3, -0.25) is 0 Å². The van der Waals surface area contributed by atoms with Gasteiger partial charge in [0.15, 0.2) is 0 Å². The van der Waals surface area contributed by atoms with Crippen LogP contribution in [0.25, 0.3) is 60.2 Å². The highest BCUT2D eigenvalue weighted by atomic mass is 15.1. The van der Waals surface area contributed by atoms with Gasteiger partial charge in [-0.15, -0.1) is 0 Å². The summed E-state index contributed by atoms with van der Waals surface area (Å²) in [5.74, 6) is 0. The zero-order chi connectivity index (χ0) is 30.5. The Bertz CT molecular complexity index is 2450. The maximum Gasteiger partial charge on any atom is 0.0625 e. The quantitative estimate of drug-likeness (QED) is 0.182. The van der Waals surface area contributed by atoms with Gasteiger partial charge in [0, 0.05) is 38.9 Å². The fourth-order valence-corrected chi connectivity index (χ4v) is 7.30. The minimum Gasteiger partial charge on any atom is -0.311 e. The third-order valence-electron chi connectivity index (χ3n) is 9.36. The number of benzene rings is 7. The second-order valence-corrected chi connectivity index (χ2v) is 12.0. The first-order valence-electron chi connectivity index (χ1n) is 16.1. The second-order valence-electron chi connectivity index (χ2n) is 12.0. The molecule has 0 saturated carbocycles. The number of hydrogen-bond acceptors (Lipinski definition) is 1. The number of nitrogens with zero attached hydrogens (tertiary/aromatic N) is 2. The number of hydrogen-bond donors (Lipinski definition) is 0. The van der Waals surface area contributed by atoms with Crippen molar-refractivity contribution in [3.63, 3.8) is 0 Å². The molecule has 0 radical (unpaired) electrons. The standard InChI is InChI=1S/C44H32N2/c1-4-14-33(15-5-1)45(34-16-6-2-7-17-34)36-27-24-31(25-28-36)32-26-29-42-41(30-32)43-39-22-12-10-20-37(39)38-21-11-13-23-40(38)44(43)46(42)35-18-8-3-9-19-35/h1,3-6,8-30H,2,7H2. The molecule has 9 rings (SSSR count). The van der Waals surface area contributed by atoms with Crippen LogP contribution in [0.5, 0.6) is 0 Å². The number of allylic oxidation sites excluding steroid dienone is 3. The second kappa shape index (κ2) is 10.9. The molecule has 46 heavy (non-hydrogen) atoms. The first-order valence-corrected chi connectivity index (χ1v) is 16.1. The Labute approximate surface area is 268 Å². The van der Waals surface area contributed by atoms with Crippen LogP contribution in [-0.4, -0.2) is 4.57 Å². The van der Waals surface area contributed by atoms with E-state index in [0.29, 0.717) is 0 Å². The largest absolute Gasteiger partial charge is 0.311 e. The summed E-state index contributed by atoms with van der Waals surface area (Å²) in [5.41, 5.74) is 9.62. The van der Waals surface area contributed by atoms with E-state index in [1.165, 1.54) is 71.5 Å². The highest BCUT2D eigenvalue weighted by Gasteiger charge is 2.20. The van der Waals surface area contributed by atoms with Crippen molar-refractivity contribution in [1.29, 1.82) is 0 Å². The molecule has 8 aromatic rings. The lowest BCUT2D eigenvalue weighted by molar-refractivity contribution is 0.997. The molecular weight excluding hydrogens is 556 g/mol. The highest BCUT2D eigenvalue weighted by Crippen LogP contribution is 2.43. The van der Waals surface area contributed by atoms with Crippen molar-refractivity contribution < 1.29 is 0 Å². The Kier molecular flexibility index (Phi) is 6.31. The van der Waals surface area contributed by atoms with E-state index < -0.39 is 0 Å². The van der Waals surface area contributed by atoms with Gasteiger partial charge >= 0.3 is 0 Å². The van der Waals surface area contributed by atoms with Crippen LogP contribution in [0.3, 0.4) is 0 Å². The molecule has 0 atom stereocenters. The SMILES string of the molecule is C1=CC(N(c2ccccc2)c2ccc(-c3ccc4c(c3)c3c5ccccc5c5ccccc5c3n4-c3ccccc3)cc2)=CCC1. The lowest BCUT2D eigenvalue weighted by atomic mass is 9.95. The van der Waals surface area contributed by atoms with Crippen molar-refractivity contribution in [2.45, 2.75) is 12.8 Å². The van der Waals surface area contributed by atoms with E-state index in [0.717, 1.165) is 18.5 Å². The van der Waals surface area contributed by atoms with Gasteiger partial charge in [0.1, 0.15) is 0 Å². The number of para-hydroxylation sites is 2. The minimum absolute atomic E-state index is 1.06. The smallest absolute Gasteiger partial charge is 0.0625 e. The molecule has 7 aromatic carbocycles. The maximum absolute atomic E-state index is 2.45. The van der Waals surface area contributed by atoms with Crippen LogP contribution >= 0.6 is 0 Å². The van der Waals surface area contributed by atoms with Gasteiger partial charge in [-0.2, -0.15) is 0 Å². The Morgan fingerprint density at radius 3 is 1.80 bits per heavy atom. The van der Waals surface area contributed by atoms with E-state index in [9.17, 15) is 0 Å². The van der Waals surface area contributed by atoms with Crippen LogP contribution in [0, 0.1) is 0 Å². The molecule has 0 unspecified atom stereocenters. The fourth-order valence-electron chi connectivity index (χ4n) is 7.30. The summed E-state index contributed by atoms with van der Waals surface area (Å²) in [6.07, 6.45) is 9.01. The molecule has 0 N–H and O–H groups in total. The first-order chi connectivity index (χ1) is 22.8. The lowest BCUT2D eigenvalue weighted by Crippen LogP contribution is -2.16. The predicted molar refractivity (Wildman–Crippen MR) is 196 cm³/mol. The third-order valence-corrected chi connectivity index (χ3v) is 9.36. The Hall–Kier alpha value is -5.86. The van der Waals surface area contributed by atoms with E-state index in [-0.39, 0.29) is 0 Å². The first kappa shape index (κ1) is 26.5. The molecule has 0 fully saturated rings. The van der Waals surface area contributed by atoms with E-state index in [1.807, 2.05) is 0 Å². The average Bonchev–Trinajstić information content (AvgIpc) is 3.48. The van der Waals surface area contributed by atoms with E-state index >= 15 is 0 Å². The van der Waals surface area contributed by atoms with Crippen LogP contribution in [0.1, 0.15) is 12.8 Å². The van der Waals surface area contributed by atoms with Gasteiger partial charge in [0.05, 0.1) is 11.0 Å². The monoisotopic (exact) mass is 588 g/mol. The fraction of sp³-hybridized carbons (Fsp3) is 0.0455. The molecule has 1 aromatic heterocycles. The minimum atomic E-state index is 1.06. The summed E-state index contributed by atoms with van der Waals surface area (Å²) in [6.45, 7) is 0. The molecule has 2 nitrogen and oxygen atoms in total. The molecule has 0 amide bonds. The molecule has 0 bridgehead atoms. The lowest BCUT2D eigenvalue weighted by Gasteiger charge is -2.27. The van der Waals surface area contributed by atoms with E-state index in [2.05, 4.69) is 179 Å². The number of fused-ring (bicyclic) bond motifs is 8. The van der Waals surface area contributed by atoms with Crippen molar-refractivity contribution >= 4 is 54.7 Å². The highest BCUT2D eigenvalue weighted by molar-refractivity contribution is 6.32. The number of rotatable bonds is 5. The topological polar surface area (TPSA) is 8.17 Å². The molecule has 218 valence electrons. The zero-order valence-corrected chi connectivity index (χ0v) is 25.5. The number of aromatic nitrogens is 1. The van der Waals surface area contributed by atoms with Gasteiger partial charge in [-0.25, -0.2) is 0 Å². The average molecular weight is 589 g/mol. The molecular formula is C44H32N2. The summed E-state index contributed by atoms with van der Waals surface area (Å²) >= 11 is 0. The van der Waals surface area contributed by atoms with Gasteiger partial charge in [0.2, 0.25) is 0 Å². The summed E-state index contributed by atoms with van der Waals surface area (Å²) in [5, 5.41) is 7.71. The van der Waals surface area contributed by atoms with Crippen molar-refractivity contribution in [3.8, 4) is 16.8 Å². The molecule has 0 spiro atoms. The van der Waals surface area contributed by atoms with E-state index in [1.54, 1.807) is 0 Å². The van der Waals surface area contributed by atoms with E-state index in [4.69, 9.17) is 0 Å². The molecule has 1 aliphatic rings. The maximum atomic E-state index is 2.45. The summed E-state index contributed by atoms with van der Waals surface area (Å²) in [7, 11) is 0. The third kappa shape index (κ3) is 4.26. The van der Waals surface area contributed by atoms with Gasteiger partial charge in [0.25, 0.3) is 0 Å². The van der Waals surface area contributed by atoms with Gasteiger partial charge in [-0.05, 0) is 94.7 Å². The van der Waals surface area contributed by atoms with Crippen LogP contribution < -0.4 is 4.90 Å². The Morgan fingerprint density at radius 2 is 1.09 bits per heavy atom. The van der Waals surface area contributed by atoms with Crippen LogP contribution in [0.2, 0.25) is 0 Å². The molecule has 1 heterocycles. The molecule has 1 aliphatic carbocycles. The zero-order valence-electron chi connectivity index (χ0n) is 25.5. The summed E-state index contributed by atoms with van der Waals surface area (Å²) < 4.78 is 2.45. The predicted octanol–water partition coefficient (Wildman–Crippen LogP) is 12.1. The van der Waals surface area contributed by atoms with Crippen LogP contribution in [0.4, 0.5) is 11.4 Å². The van der Waals surface area contributed by atoms with Crippen molar-refractivity contribution in [1.82, 2.24) is 4.57 Å². The van der Waals surface area contributed by atoms with Crippen molar-refractivity contribution in [2.24, 2.45) is 0 Å².